The summed E-state index contributed by atoms with van der Waals surface area (Å²) in [6, 6.07) is 0. The standard InChI is InChI=1S/C5H8N2O5.2Ca.4H/c6-1-3(8)11-5(10)12-4(9)2-7;;;;;;/h1-2,6-7H2;;;;;;/q;2*+2;4*-1. The first-order valence-electron chi connectivity index (χ1n) is 2.95. The zero-order chi connectivity index (χ0) is 9.56. The maximum absolute atomic E-state index is 10.4. The van der Waals surface area contributed by atoms with Crippen molar-refractivity contribution < 1.29 is 29.6 Å². The first-order chi connectivity index (χ1) is 5.60. The zero-order valence-electron chi connectivity index (χ0n) is 11.5. The molecule has 0 fully saturated rings. The molecule has 0 aromatic carbocycles. The number of hydrogen-bond donors (Lipinski definition) is 2. The van der Waals surface area contributed by atoms with Crippen LogP contribution in [0.3, 0.4) is 0 Å². The Morgan fingerprint density at radius 2 is 1.21 bits per heavy atom. The minimum Gasteiger partial charge on any atom is -1.00 e. The second-order valence-corrected chi connectivity index (χ2v) is 1.61. The average Bonchev–Trinajstić information content (AvgIpc) is 2.03. The van der Waals surface area contributed by atoms with Crippen molar-refractivity contribution in [2.45, 2.75) is 0 Å². The largest absolute Gasteiger partial charge is 2.00 e. The van der Waals surface area contributed by atoms with Gasteiger partial charge in [0.2, 0.25) is 0 Å². The Morgan fingerprint density at radius 1 is 0.929 bits per heavy atom. The van der Waals surface area contributed by atoms with E-state index in [-0.39, 0.29) is 81.2 Å². The molecule has 0 aliphatic carbocycles. The van der Waals surface area contributed by atoms with Gasteiger partial charge in [-0.15, -0.1) is 0 Å². The Kier molecular flexibility index (Phi) is 17.7. The molecule has 0 unspecified atom stereocenters. The molecule has 0 spiro atoms. The van der Waals surface area contributed by atoms with Crippen molar-refractivity contribution in [3.63, 3.8) is 0 Å². The van der Waals surface area contributed by atoms with Crippen molar-refractivity contribution in [2.75, 3.05) is 13.1 Å². The third-order valence-electron chi connectivity index (χ3n) is 0.728. The summed E-state index contributed by atoms with van der Waals surface area (Å²) in [7, 11) is 0. The van der Waals surface area contributed by atoms with Gasteiger partial charge < -0.3 is 26.6 Å². The summed E-state index contributed by atoms with van der Waals surface area (Å²) in [4.78, 5) is 31.0. The van der Waals surface area contributed by atoms with Gasteiger partial charge in [-0.2, -0.15) is 0 Å². The Bertz CT molecular complexity index is 204. The fraction of sp³-hybridized carbons (Fsp3) is 0.400. The summed E-state index contributed by atoms with van der Waals surface area (Å²) in [5, 5.41) is 0. The Hall–Kier alpha value is 1.05. The molecule has 76 valence electrons. The van der Waals surface area contributed by atoms with Crippen molar-refractivity contribution in [1.29, 1.82) is 0 Å². The number of hydrogen-bond acceptors (Lipinski definition) is 7. The van der Waals surface area contributed by atoms with Crippen LogP contribution in [0.1, 0.15) is 5.71 Å². The molecule has 0 rings (SSSR count). The Morgan fingerprint density at radius 3 is 1.43 bits per heavy atom. The van der Waals surface area contributed by atoms with Gasteiger partial charge in [-0.05, 0) is 0 Å². The van der Waals surface area contributed by atoms with Gasteiger partial charge in [0, 0.05) is 0 Å². The van der Waals surface area contributed by atoms with Crippen LogP contribution in [0.2, 0.25) is 0 Å². The van der Waals surface area contributed by atoms with Crippen LogP contribution < -0.4 is 11.5 Å². The van der Waals surface area contributed by atoms with Gasteiger partial charge in [0.05, 0.1) is 13.1 Å². The van der Waals surface area contributed by atoms with Gasteiger partial charge in [0.1, 0.15) is 0 Å². The normalized spacial score (nSPS) is 7.57. The molecule has 0 bridgehead atoms. The summed E-state index contributed by atoms with van der Waals surface area (Å²) in [6.07, 6.45) is -1.42. The molecule has 0 atom stereocenters. The fourth-order valence-corrected chi connectivity index (χ4v) is 0.290. The van der Waals surface area contributed by atoms with Gasteiger partial charge >= 0.3 is 93.6 Å². The van der Waals surface area contributed by atoms with E-state index in [0.29, 0.717) is 0 Å². The first-order valence-corrected chi connectivity index (χ1v) is 2.95. The van der Waals surface area contributed by atoms with E-state index in [0.717, 1.165) is 0 Å². The maximum Gasteiger partial charge on any atom is 2.00 e. The number of carbonyl (C=O) groups excluding carboxylic acids is 3. The van der Waals surface area contributed by atoms with E-state index in [1.807, 2.05) is 0 Å². The molecule has 0 aromatic rings. The molecule has 14 heavy (non-hydrogen) atoms. The molecule has 0 amide bonds. The molecule has 7 nitrogen and oxygen atoms in total. The van der Waals surface area contributed by atoms with Crippen molar-refractivity contribution in [1.82, 2.24) is 0 Å². The van der Waals surface area contributed by atoms with Crippen LogP contribution in [0.4, 0.5) is 4.79 Å². The number of rotatable bonds is 2. The number of nitrogens with two attached hydrogens (primary N) is 2. The van der Waals surface area contributed by atoms with Crippen LogP contribution in [0.5, 0.6) is 0 Å². The third-order valence-corrected chi connectivity index (χ3v) is 0.728. The van der Waals surface area contributed by atoms with E-state index in [2.05, 4.69) is 9.47 Å². The third kappa shape index (κ3) is 11.1. The first kappa shape index (κ1) is 20.5. The molecule has 0 aliphatic heterocycles. The van der Waals surface area contributed by atoms with E-state index in [4.69, 9.17) is 11.5 Å². The van der Waals surface area contributed by atoms with Crippen LogP contribution in [0, 0.1) is 0 Å². The average molecular weight is 260 g/mol. The minimum absolute atomic E-state index is 0. The topological polar surface area (TPSA) is 122 Å². The van der Waals surface area contributed by atoms with E-state index in [1.165, 1.54) is 0 Å². The summed E-state index contributed by atoms with van der Waals surface area (Å²) >= 11 is 0. The molecule has 0 saturated heterocycles. The predicted molar refractivity (Wildman–Crippen MR) is 51.6 cm³/mol. The van der Waals surface area contributed by atoms with Gasteiger partial charge in [0.25, 0.3) is 0 Å². The zero-order valence-corrected chi connectivity index (χ0v) is 11.9. The Balaban J connectivity index is -0.0000000403. The molecule has 0 aliphatic rings. The quantitative estimate of drug-likeness (QED) is 0.328. The number of ether oxygens (including phenoxy) is 2. The second kappa shape index (κ2) is 12.1. The molecule has 0 saturated carbocycles. The molecule has 0 radical (unpaired) electrons. The van der Waals surface area contributed by atoms with Crippen LogP contribution >= 0.6 is 0 Å². The number of carbonyl (C=O) groups is 3. The van der Waals surface area contributed by atoms with Crippen molar-refractivity contribution in [2.24, 2.45) is 11.5 Å². The second-order valence-electron chi connectivity index (χ2n) is 1.61. The molecule has 4 N–H and O–H groups in total. The van der Waals surface area contributed by atoms with E-state index < -0.39 is 31.2 Å². The van der Waals surface area contributed by atoms with Crippen LogP contribution in [-0.2, 0) is 19.1 Å². The Labute approximate surface area is 146 Å². The maximum atomic E-state index is 10.4. The van der Waals surface area contributed by atoms with Crippen molar-refractivity contribution >= 4 is 93.6 Å². The van der Waals surface area contributed by atoms with Crippen molar-refractivity contribution in [3.05, 3.63) is 0 Å². The summed E-state index contributed by atoms with van der Waals surface area (Å²) in [5.74, 6) is -1.96. The molecule has 9 heteroatoms. The van der Waals surface area contributed by atoms with Gasteiger partial charge in [0.15, 0.2) is 0 Å². The molecular formula is C5H12Ca2N2O5. The molecule has 0 heterocycles. The molecular weight excluding hydrogens is 248 g/mol. The summed E-state index contributed by atoms with van der Waals surface area (Å²) in [6.45, 7) is -0.933. The van der Waals surface area contributed by atoms with E-state index >= 15 is 0 Å². The summed E-state index contributed by atoms with van der Waals surface area (Å²) < 4.78 is 7.74. The van der Waals surface area contributed by atoms with Crippen LogP contribution in [-0.4, -0.2) is 107 Å². The van der Waals surface area contributed by atoms with Gasteiger partial charge in [-0.1, -0.05) is 0 Å². The van der Waals surface area contributed by atoms with Gasteiger partial charge in [-0.25, -0.2) is 4.79 Å². The van der Waals surface area contributed by atoms with Gasteiger partial charge in [-0.3, -0.25) is 9.59 Å². The van der Waals surface area contributed by atoms with Crippen molar-refractivity contribution in [3.8, 4) is 0 Å². The SMILES string of the molecule is NCC(=O)OC(=O)OC(=O)CN.[Ca+2].[Ca+2].[H-].[H-].[H-].[H-]. The van der Waals surface area contributed by atoms with E-state index in [9.17, 15) is 14.4 Å². The smallest absolute Gasteiger partial charge is 1.00 e. The monoisotopic (exact) mass is 260 g/mol. The van der Waals surface area contributed by atoms with Crippen LogP contribution in [0.15, 0.2) is 0 Å². The van der Waals surface area contributed by atoms with E-state index in [1.54, 1.807) is 0 Å². The minimum atomic E-state index is -1.42. The predicted octanol–water partition coefficient (Wildman–Crippen LogP) is -2.20. The number of esters is 2. The fourth-order valence-electron chi connectivity index (χ4n) is 0.290. The van der Waals surface area contributed by atoms with Crippen LogP contribution in [0.25, 0.3) is 0 Å². The molecule has 0 aromatic heterocycles. The summed E-state index contributed by atoms with van der Waals surface area (Å²) in [5.41, 5.74) is 9.58.